The van der Waals surface area contributed by atoms with E-state index in [1.54, 1.807) is 0 Å². The van der Waals surface area contributed by atoms with Gasteiger partial charge in [-0.25, -0.2) is 0 Å². The Morgan fingerprint density at radius 2 is 1.21 bits per heavy atom. The largest absolute Gasteiger partial charge is 0.466 e. The zero-order valence-electron chi connectivity index (χ0n) is 26.1. The first-order chi connectivity index (χ1) is 18.6. The van der Waals surface area contributed by atoms with Crippen LogP contribution in [0, 0.1) is 35.0 Å². The smallest absolute Gasteiger partial charge is 0.307 e. The van der Waals surface area contributed by atoms with Crippen LogP contribution in [-0.2, 0) is 19.1 Å². The predicted molar refractivity (Wildman–Crippen MR) is 158 cm³/mol. The number of carbonyl (C=O) groups excluding carboxylic acids is 2. The standard InChI is InChI=1S/C33H60N2O4/c1-26(2)14-22-38-31(36)12-20-34-16-6-8-27(10-18-34)29-24-30(25-29)28-9-7-17-35(19-11-28)21-13-32(37)39-23-15-33(3,4)5/h26-30H,6-25H2,1-5H3. The van der Waals surface area contributed by atoms with Crippen molar-refractivity contribution in [2.75, 3.05) is 52.5 Å². The number of hydrogen-bond acceptors (Lipinski definition) is 6. The van der Waals surface area contributed by atoms with Gasteiger partial charge in [-0.15, -0.1) is 0 Å². The molecule has 0 amide bonds. The van der Waals surface area contributed by atoms with Gasteiger partial charge < -0.3 is 19.3 Å². The Balaban J connectivity index is 1.27. The number of rotatable bonds is 13. The second-order valence-electron chi connectivity index (χ2n) is 14.5. The molecule has 2 heterocycles. The molecule has 6 nitrogen and oxygen atoms in total. The predicted octanol–water partition coefficient (Wildman–Crippen LogP) is 6.57. The summed E-state index contributed by atoms with van der Waals surface area (Å²) in [6, 6.07) is 0. The maximum atomic E-state index is 12.2. The van der Waals surface area contributed by atoms with Crippen LogP contribution in [0.1, 0.15) is 112 Å². The monoisotopic (exact) mass is 548 g/mol. The topological polar surface area (TPSA) is 59.1 Å². The molecule has 2 unspecified atom stereocenters. The van der Waals surface area contributed by atoms with Crippen LogP contribution in [0.3, 0.4) is 0 Å². The van der Waals surface area contributed by atoms with Gasteiger partial charge in [0.1, 0.15) is 0 Å². The molecular formula is C33H60N2O4. The van der Waals surface area contributed by atoms with Gasteiger partial charge in [-0.3, -0.25) is 9.59 Å². The van der Waals surface area contributed by atoms with Crippen LogP contribution >= 0.6 is 0 Å². The van der Waals surface area contributed by atoms with E-state index >= 15 is 0 Å². The van der Waals surface area contributed by atoms with Crippen molar-refractivity contribution in [1.29, 1.82) is 0 Å². The minimum Gasteiger partial charge on any atom is -0.466 e. The summed E-state index contributed by atoms with van der Waals surface area (Å²) in [4.78, 5) is 29.2. The van der Waals surface area contributed by atoms with E-state index in [0.29, 0.717) is 32.0 Å². The zero-order chi connectivity index (χ0) is 28.3. The molecule has 39 heavy (non-hydrogen) atoms. The van der Waals surface area contributed by atoms with E-state index in [1.807, 2.05) is 0 Å². The van der Waals surface area contributed by atoms with E-state index in [9.17, 15) is 9.59 Å². The first-order valence-corrected chi connectivity index (χ1v) is 16.3. The summed E-state index contributed by atoms with van der Waals surface area (Å²) in [5.41, 5.74) is 0.209. The number of esters is 2. The van der Waals surface area contributed by atoms with Crippen LogP contribution in [0.4, 0.5) is 0 Å². The van der Waals surface area contributed by atoms with Crippen LogP contribution in [0.5, 0.6) is 0 Å². The average molecular weight is 549 g/mol. The van der Waals surface area contributed by atoms with Gasteiger partial charge in [-0.1, -0.05) is 34.6 Å². The molecule has 0 N–H and O–H groups in total. The summed E-state index contributed by atoms with van der Waals surface area (Å²) in [6.07, 6.45) is 13.6. The van der Waals surface area contributed by atoms with Crippen molar-refractivity contribution in [2.45, 2.75) is 112 Å². The highest BCUT2D eigenvalue weighted by Gasteiger charge is 2.39. The van der Waals surface area contributed by atoms with Crippen LogP contribution in [-0.4, -0.2) is 74.2 Å². The van der Waals surface area contributed by atoms with E-state index in [0.717, 1.165) is 75.8 Å². The number of carbonyl (C=O) groups is 2. The van der Waals surface area contributed by atoms with E-state index in [1.165, 1.54) is 51.4 Å². The first kappa shape index (κ1) is 32.4. The zero-order valence-corrected chi connectivity index (χ0v) is 26.1. The molecule has 2 aliphatic heterocycles. The highest BCUT2D eigenvalue weighted by molar-refractivity contribution is 5.69. The second-order valence-corrected chi connectivity index (χ2v) is 14.5. The highest BCUT2D eigenvalue weighted by atomic mass is 16.5. The van der Waals surface area contributed by atoms with Gasteiger partial charge in [-0.2, -0.15) is 0 Å². The van der Waals surface area contributed by atoms with Gasteiger partial charge in [-0.05, 0) is 125 Å². The molecule has 0 radical (unpaired) electrons. The molecule has 0 aromatic rings. The third-order valence-corrected chi connectivity index (χ3v) is 9.61. The summed E-state index contributed by atoms with van der Waals surface area (Å²) in [7, 11) is 0. The number of ether oxygens (including phenoxy) is 2. The molecule has 226 valence electrons. The van der Waals surface area contributed by atoms with Crippen LogP contribution < -0.4 is 0 Å². The van der Waals surface area contributed by atoms with Gasteiger partial charge in [0, 0.05) is 13.1 Å². The van der Waals surface area contributed by atoms with E-state index in [-0.39, 0.29) is 17.4 Å². The Morgan fingerprint density at radius 3 is 1.67 bits per heavy atom. The molecule has 1 saturated carbocycles. The molecule has 0 aromatic heterocycles. The summed E-state index contributed by atoms with van der Waals surface area (Å²) < 4.78 is 10.9. The second kappa shape index (κ2) is 16.3. The van der Waals surface area contributed by atoms with Crippen molar-refractivity contribution in [3.63, 3.8) is 0 Å². The molecule has 0 spiro atoms. The lowest BCUT2D eigenvalue weighted by Gasteiger charge is -2.44. The molecule has 0 bridgehead atoms. The molecule has 3 aliphatic rings. The van der Waals surface area contributed by atoms with Gasteiger partial charge in [0.2, 0.25) is 0 Å². The van der Waals surface area contributed by atoms with Crippen molar-refractivity contribution >= 4 is 11.9 Å². The third-order valence-electron chi connectivity index (χ3n) is 9.61. The fourth-order valence-electron chi connectivity index (χ4n) is 6.75. The number of nitrogens with zero attached hydrogens (tertiary/aromatic N) is 2. The summed E-state index contributed by atoms with van der Waals surface area (Å²) >= 11 is 0. The number of likely N-dealkylation sites (tertiary alicyclic amines) is 2. The van der Waals surface area contributed by atoms with E-state index in [2.05, 4.69) is 44.4 Å². The lowest BCUT2D eigenvalue weighted by Crippen LogP contribution is -2.36. The summed E-state index contributed by atoms with van der Waals surface area (Å²) in [5, 5.41) is 0. The minimum absolute atomic E-state index is 0.0312. The maximum absolute atomic E-state index is 12.2. The van der Waals surface area contributed by atoms with Gasteiger partial charge in [0.25, 0.3) is 0 Å². The molecule has 2 atom stereocenters. The minimum atomic E-state index is -0.0366. The van der Waals surface area contributed by atoms with Crippen molar-refractivity contribution in [2.24, 2.45) is 35.0 Å². The molecule has 6 heteroatoms. The Labute approximate surface area is 239 Å². The average Bonchev–Trinajstić information content (AvgIpc) is 3.21. The quantitative estimate of drug-likeness (QED) is 0.243. The Hall–Kier alpha value is -1.14. The first-order valence-electron chi connectivity index (χ1n) is 16.3. The molecule has 3 fully saturated rings. The maximum Gasteiger partial charge on any atom is 0.307 e. The van der Waals surface area contributed by atoms with Gasteiger partial charge in [0.15, 0.2) is 0 Å². The van der Waals surface area contributed by atoms with Crippen molar-refractivity contribution in [1.82, 2.24) is 9.80 Å². The summed E-state index contributed by atoms with van der Waals surface area (Å²) in [5.74, 6) is 4.08. The lowest BCUT2D eigenvalue weighted by molar-refractivity contribution is -0.145. The van der Waals surface area contributed by atoms with Gasteiger partial charge >= 0.3 is 11.9 Å². The van der Waals surface area contributed by atoms with Crippen LogP contribution in [0.15, 0.2) is 0 Å². The summed E-state index contributed by atoms with van der Waals surface area (Å²) in [6.45, 7) is 18.2. The fourth-order valence-corrected chi connectivity index (χ4v) is 6.75. The lowest BCUT2D eigenvalue weighted by atomic mass is 9.61. The fraction of sp³-hybridized carbons (Fsp3) is 0.939. The van der Waals surface area contributed by atoms with Crippen LogP contribution in [0.2, 0.25) is 0 Å². The molecule has 1 aliphatic carbocycles. The molecule has 3 rings (SSSR count). The van der Waals surface area contributed by atoms with Crippen molar-refractivity contribution in [3.05, 3.63) is 0 Å². The van der Waals surface area contributed by atoms with E-state index < -0.39 is 0 Å². The molecule has 2 saturated heterocycles. The Bertz CT molecular complexity index is 728. The van der Waals surface area contributed by atoms with Crippen molar-refractivity contribution in [3.8, 4) is 0 Å². The normalized spacial score (nSPS) is 27.4. The van der Waals surface area contributed by atoms with E-state index in [4.69, 9.17) is 9.47 Å². The van der Waals surface area contributed by atoms with Crippen molar-refractivity contribution < 1.29 is 19.1 Å². The highest BCUT2D eigenvalue weighted by Crippen LogP contribution is 2.48. The van der Waals surface area contributed by atoms with Gasteiger partial charge in [0.05, 0.1) is 26.1 Å². The SMILES string of the molecule is CC(C)CCOC(=O)CCN1CCCC(C2CC(C3CCCN(CCC(=O)OCCC(C)(C)C)CC3)C2)CC1. The Kier molecular flexibility index (Phi) is 13.6. The third kappa shape index (κ3) is 12.5. The van der Waals surface area contributed by atoms with Crippen LogP contribution in [0.25, 0.3) is 0 Å². The number of hydrogen-bond donors (Lipinski definition) is 0. The Morgan fingerprint density at radius 1 is 0.718 bits per heavy atom. The molecular weight excluding hydrogens is 488 g/mol. The molecule has 0 aromatic carbocycles.